The second-order valence-electron chi connectivity index (χ2n) is 5.50. The summed E-state index contributed by atoms with van der Waals surface area (Å²) >= 11 is 0. The van der Waals surface area contributed by atoms with Crippen LogP contribution in [0.25, 0.3) is 0 Å². The molecular weight excluding hydrogens is 268 g/mol. The quantitative estimate of drug-likeness (QED) is 0.699. The van der Waals surface area contributed by atoms with E-state index in [1.165, 1.54) is 0 Å². The van der Waals surface area contributed by atoms with Gasteiger partial charge in [0.15, 0.2) is 0 Å². The number of aryl methyl sites for hydroxylation is 2. The maximum absolute atomic E-state index is 11.7. The molecule has 1 fully saturated rings. The second kappa shape index (κ2) is 7.06. The summed E-state index contributed by atoms with van der Waals surface area (Å²) in [5.41, 5.74) is 1.91. The molecule has 1 aliphatic carbocycles. The molecule has 21 heavy (non-hydrogen) atoms. The zero-order chi connectivity index (χ0) is 15.2. The highest BCUT2D eigenvalue weighted by Gasteiger charge is 2.22. The van der Waals surface area contributed by atoms with Gasteiger partial charge >= 0.3 is 6.03 Å². The Morgan fingerprint density at radius 3 is 2.71 bits per heavy atom. The summed E-state index contributed by atoms with van der Waals surface area (Å²) < 4.78 is 0. The highest BCUT2D eigenvalue weighted by Crippen LogP contribution is 2.18. The number of amides is 3. The van der Waals surface area contributed by atoms with E-state index < -0.39 is 0 Å². The van der Waals surface area contributed by atoms with Crippen LogP contribution in [0.4, 0.5) is 10.6 Å². The molecule has 0 unspecified atom stereocenters. The smallest absolute Gasteiger partial charge is 0.320 e. The van der Waals surface area contributed by atoms with E-state index in [0.717, 1.165) is 24.1 Å². The van der Waals surface area contributed by atoms with E-state index in [-0.39, 0.29) is 11.9 Å². The highest BCUT2D eigenvalue weighted by molar-refractivity contribution is 5.88. The van der Waals surface area contributed by atoms with Gasteiger partial charge in [0, 0.05) is 24.7 Å². The average Bonchev–Trinajstić information content (AvgIpc) is 3.17. The van der Waals surface area contributed by atoms with Crippen molar-refractivity contribution >= 4 is 17.8 Å². The van der Waals surface area contributed by atoms with Crippen molar-refractivity contribution in [2.24, 2.45) is 0 Å². The predicted molar refractivity (Wildman–Crippen MR) is 81.1 cm³/mol. The maximum Gasteiger partial charge on any atom is 0.320 e. The fourth-order valence-corrected chi connectivity index (χ4v) is 2.04. The molecule has 1 heterocycles. The average molecular weight is 290 g/mol. The first-order valence-electron chi connectivity index (χ1n) is 7.32. The van der Waals surface area contributed by atoms with Crippen LogP contribution in [0.2, 0.25) is 0 Å². The van der Waals surface area contributed by atoms with Gasteiger partial charge in [-0.1, -0.05) is 0 Å². The monoisotopic (exact) mass is 290 g/mol. The van der Waals surface area contributed by atoms with E-state index in [2.05, 4.69) is 20.9 Å². The number of anilines is 1. The van der Waals surface area contributed by atoms with Crippen LogP contribution in [0.1, 0.15) is 36.9 Å². The van der Waals surface area contributed by atoms with Crippen molar-refractivity contribution in [3.05, 3.63) is 23.4 Å². The number of carbonyl (C=O) groups excluding carboxylic acids is 2. The number of pyridine rings is 1. The third kappa shape index (κ3) is 5.81. The summed E-state index contributed by atoms with van der Waals surface area (Å²) in [7, 11) is 0. The molecule has 1 aromatic heterocycles. The molecule has 114 valence electrons. The molecule has 0 saturated heterocycles. The number of carbonyl (C=O) groups is 2. The van der Waals surface area contributed by atoms with Crippen molar-refractivity contribution in [1.29, 1.82) is 0 Å². The zero-order valence-corrected chi connectivity index (χ0v) is 12.5. The minimum absolute atomic E-state index is 0.0654. The molecule has 0 bridgehead atoms. The van der Waals surface area contributed by atoms with Crippen LogP contribution in [-0.4, -0.2) is 29.5 Å². The predicted octanol–water partition coefficient (Wildman–Crippen LogP) is 1.88. The minimum Gasteiger partial charge on any atom is -0.353 e. The number of nitrogens with zero attached hydrogens (tertiary/aromatic N) is 1. The third-order valence-corrected chi connectivity index (χ3v) is 3.15. The molecule has 1 aliphatic rings. The van der Waals surface area contributed by atoms with Crippen molar-refractivity contribution in [2.45, 2.75) is 45.6 Å². The molecule has 0 aliphatic heterocycles. The molecule has 0 atom stereocenters. The summed E-state index contributed by atoms with van der Waals surface area (Å²) in [6.07, 6.45) is 3.26. The molecule has 1 saturated carbocycles. The van der Waals surface area contributed by atoms with E-state index in [9.17, 15) is 9.59 Å². The summed E-state index contributed by atoms with van der Waals surface area (Å²) in [6, 6.07) is 3.86. The van der Waals surface area contributed by atoms with Crippen LogP contribution in [-0.2, 0) is 4.79 Å². The summed E-state index contributed by atoms with van der Waals surface area (Å²) in [5, 5.41) is 8.33. The summed E-state index contributed by atoms with van der Waals surface area (Å²) in [5.74, 6) is 0.604. The first kappa shape index (κ1) is 15.3. The molecule has 6 heteroatoms. The molecule has 0 spiro atoms. The Morgan fingerprint density at radius 2 is 2.05 bits per heavy atom. The van der Waals surface area contributed by atoms with E-state index in [1.54, 1.807) is 0 Å². The lowest BCUT2D eigenvalue weighted by molar-refractivity contribution is -0.121. The standard InChI is InChI=1S/C15H22N4O2/c1-10-8-11(2)17-13(9-10)19-15(21)16-7-3-4-14(20)18-12-5-6-12/h8-9,12H,3-7H2,1-2H3,(H,18,20)(H2,16,17,19,21). The van der Waals surface area contributed by atoms with E-state index in [1.807, 2.05) is 26.0 Å². The SMILES string of the molecule is Cc1cc(C)nc(NC(=O)NCCCC(=O)NC2CC2)c1. The molecule has 0 radical (unpaired) electrons. The lowest BCUT2D eigenvalue weighted by atomic mass is 10.2. The second-order valence-corrected chi connectivity index (χ2v) is 5.50. The van der Waals surface area contributed by atoms with E-state index in [4.69, 9.17) is 0 Å². The van der Waals surface area contributed by atoms with Crippen molar-refractivity contribution in [1.82, 2.24) is 15.6 Å². The van der Waals surface area contributed by atoms with Crippen LogP contribution in [0.5, 0.6) is 0 Å². The van der Waals surface area contributed by atoms with Crippen molar-refractivity contribution in [3.63, 3.8) is 0 Å². The molecular formula is C15H22N4O2. The van der Waals surface area contributed by atoms with Gasteiger partial charge in [-0.2, -0.15) is 0 Å². The third-order valence-electron chi connectivity index (χ3n) is 3.15. The Morgan fingerprint density at radius 1 is 1.29 bits per heavy atom. The fraction of sp³-hybridized carbons (Fsp3) is 0.533. The van der Waals surface area contributed by atoms with Crippen molar-refractivity contribution in [2.75, 3.05) is 11.9 Å². The van der Waals surface area contributed by atoms with Crippen LogP contribution in [0.15, 0.2) is 12.1 Å². The molecule has 0 aromatic carbocycles. The van der Waals surface area contributed by atoms with Crippen LogP contribution in [0, 0.1) is 13.8 Å². The maximum atomic E-state index is 11.7. The highest BCUT2D eigenvalue weighted by atomic mass is 16.2. The number of urea groups is 1. The van der Waals surface area contributed by atoms with Crippen LogP contribution >= 0.6 is 0 Å². The lowest BCUT2D eigenvalue weighted by Crippen LogP contribution is -2.31. The first-order chi connectivity index (χ1) is 10.0. The Bertz CT molecular complexity index is 506. The number of hydrogen-bond acceptors (Lipinski definition) is 3. The van der Waals surface area contributed by atoms with Gasteiger partial charge in [-0.3, -0.25) is 10.1 Å². The molecule has 6 nitrogen and oxygen atoms in total. The van der Waals surface area contributed by atoms with Crippen LogP contribution in [0.3, 0.4) is 0 Å². The van der Waals surface area contributed by atoms with Crippen molar-refractivity contribution < 1.29 is 9.59 Å². The Hall–Kier alpha value is -2.11. The Balaban J connectivity index is 1.63. The molecule has 3 N–H and O–H groups in total. The van der Waals surface area contributed by atoms with Gasteiger partial charge in [-0.25, -0.2) is 9.78 Å². The molecule has 3 amide bonds. The van der Waals surface area contributed by atoms with Gasteiger partial charge in [-0.05, 0) is 50.8 Å². The van der Waals surface area contributed by atoms with E-state index >= 15 is 0 Å². The zero-order valence-electron chi connectivity index (χ0n) is 12.5. The topological polar surface area (TPSA) is 83.1 Å². The van der Waals surface area contributed by atoms with Gasteiger partial charge in [0.25, 0.3) is 0 Å². The normalized spacial score (nSPS) is 13.6. The summed E-state index contributed by atoms with van der Waals surface area (Å²) in [4.78, 5) is 27.4. The lowest BCUT2D eigenvalue weighted by Gasteiger charge is -2.08. The van der Waals surface area contributed by atoms with Gasteiger partial charge in [0.2, 0.25) is 5.91 Å². The number of aromatic nitrogens is 1. The first-order valence-corrected chi connectivity index (χ1v) is 7.32. The van der Waals surface area contributed by atoms with Gasteiger partial charge < -0.3 is 10.6 Å². The van der Waals surface area contributed by atoms with Crippen molar-refractivity contribution in [3.8, 4) is 0 Å². The Labute approximate surface area is 124 Å². The van der Waals surface area contributed by atoms with Gasteiger partial charge in [-0.15, -0.1) is 0 Å². The van der Waals surface area contributed by atoms with E-state index in [0.29, 0.717) is 31.2 Å². The number of rotatable bonds is 6. The van der Waals surface area contributed by atoms with Gasteiger partial charge in [0.1, 0.15) is 5.82 Å². The largest absolute Gasteiger partial charge is 0.353 e. The summed E-state index contributed by atoms with van der Waals surface area (Å²) in [6.45, 7) is 4.31. The fourth-order valence-electron chi connectivity index (χ4n) is 2.04. The van der Waals surface area contributed by atoms with Gasteiger partial charge in [0.05, 0.1) is 0 Å². The molecule has 1 aromatic rings. The molecule has 2 rings (SSSR count). The minimum atomic E-state index is -0.296. The number of hydrogen-bond donors (Lipinski definition) is 3. The Kier molecular flexibility index (Phi) is 5.14. The number of nitrogens with one attached hydrogen (secondary N) is 3. The van der Waals surface area contributed by atoms with Crippen LogP contribution < -0.4 is 16.0 Å².